The van der Waals surface area contributed by atoms with Crippen LogP contribution in [-0.2, 0) is 0 Å². The van der Waals surface area contributed by atoms with Gasteiger partial charge in [0, 0.05) is 27.3 Å². The number of aromatic nitrogens is 1. The van der Waals surface area contributed by atoms with Gasteiger partial charge in [-0.1, -0.05) is 66.7 Å². The molecule has 0 saturated carbocycles. The Morgan fingerprint density at radius 1 is 0.750 bits per heavy atom. The zero-order valence-corrected chi connectivity index (χ0v) is 14.3. The normalized spacial score (nSPS) is 10.7. The number of hydrogen-bond acceptors (Lipinski definition) is 2. The molecule has 0 fully saturated rings. The van der Waals surface area contributed by atoms with E-state index in [1.807, 2.05) is 6.07 Å². The van der Waals surface area contributed by atoms with E-state index in [4.69, 9.17) is 4.98 Å². The van der Waals surface area contributed by atoms with Crippen LogP contribution < -0.4 is 0 Å². The van der Waals surface area contributed by atoms with Crippen LogP contribution in [0.3, 0.4) is 0 Å². The number of aryl methyl sites for hydroxylation is 1. The highest BCUT2D eigenvalue weighted by molar-refractivity contribution is 7.13. The van der Waals surface area contributed by atoms with E-state index in [2.05, 4.69) is 85.1 Å². The van der Waals surface area contributed by atoms with Gasteiger partial charge in [0.25, 0.3) is 0 Å². The molecule has 2 aromatic carbocycles. The SMILES string of the molecule is Cc1cc(-c2cccs2)c(-c2ccccc2)c(-c2ccccc2)n1. The first kappa shape index (κ1) is 14.9. The molecule has 4 aromatic rings. The van der Waals surface area contributed by atoms with Crippen LogP contribution in [0.1, 0.15) is 5.69 Å². The molecule has 1 nitrogen and oxygen atoms in total. The first-order valence-corrected chi connectivity index (χ1v) is 8.87. The molecule has 2 aromatic heterocycles. The van der Waals surface area contributed by atoms with Crippen LogP contribution in [0, 0.1) is 6.92 Å². The third kappa shape index (κ3) is 2.77. The standard InChI is InChI=1S/C22H17NS/c1-16-15-19(20-13-8-14-24-20)21(17-9-4-2-5-10-17)22(23-16)18-11-6-3-7-12-18/h2-15H,1H3. The van der Waals surface area contributed by atoms with Gasteiger partial charge in [0.2, 0.25) is 0 Å². The molecule has 4 rings (SSSR count). The largest absolute Gasteiger partial charge is 0.252 e. The first-order chi connectivity index (χ1) is 11.8. The van der Waals surface area contributed by atoms with E-state index in [1.165, 1.54) is 21.6 Å². The van der Waals surface area contributed by atoms with E-state index >= 15 is 0 Å². The lowest BCUT2D eigenvalue weighted by Gasteiger charge is -2.15. The molecule has 0 unspecified atom stereocenters. The molecule has 0 aliphatic carbocycles. The zero-order valence-electron chi connectivity index (χ0n) is 13.4. The van der Waals surface area contributed by atoms with Crippen molar-refractivity contribution >= 4 is 11.3 Å². The van der Waals surface area contributed by atoms with Crippen LogP contribution >= 0.6 is 11.3 Å². The van der Waals surface area contributed by atoms with Crippen LogP contribution in [0.4, 0.5) is 0 Å². The Morgan fingerprint density at radius 3 is 2.04 bits per heavy atom. The van der Waals surface area contributed by atoms with Crippen LogP contribution in [-0.4, -0.2) is 4.98 Å². The molecular formula is C22H17NS. The molecule has 0 atom stereocenters. The fourth-order valence-corrected chi connectivity index (χ4v) is 3.75. The van der Waals surface area contributed by atoms with Crippen LogP contribution in [0.15, 0.2) is 84.2 Å². The summed E-state index contributed by atoms with van der Waals surface area (Å²) >= 11 is 1.77. The molecule has 0 spiro atoms. The van der Waals surface area contributed by atoms with Crippen LogP contribution in [0.5, 0.6) is 0 Å². The van der Waals surface area contributed by atoms with Gasteiger partial charge in [-0.05, 0) is 30.0 Å². The minimum absolute atomic E-state index is 1.04. The number of thiophene rings is 1. The van der Waals surface area contributed by atoms with E-state index < -0.39 is 0 Å². The minimum Gasteiger partial charge on any atom is -0.252 e. The van der Waals surface area contributed by atoms with Gasteiger partial charge < -0.3 is 0 Å². The third-order valence-corrected chi connectivity index (χ3v) is 4.95. The van der Waals surface area contributed by atoms with Gasteiger partial charge in [0.05, 0.1) is 5.69 Å². The summed E-state index contributed by atoms with van der Waals surface area (Å²) < 4.78 is 0. The number of rotatable bonds is 3. The highest BCUT2D eigenvalue weighted by Gasteiger charge is 2.16. The predicted octanol–water partition coefficient (Wildman–Crippen LogP) is 6.45. The number of nitrogens with zero attached hydrogens (tertiary/aromatic N) is 1. The summed E-state index contributed by atoms with van der Waals surface area (Å²) in [6.45, 7) is 2.07. The van der Waals surface area contributed by atoms with Crippen molar-refractivity contribution in [3.63, 3.8) is 0 Å². The van der Waals surface area contributed by atoms with E-state index in [0.717, 1.165) is 17.0 Å². The van der Waals surface area contributed by atoms with Crippen molar-refractivity contribution in [3.05, 3.63) is 89.9 Å². The summed E-state index contributed by atoms with van der Waals surface area (Å²) in [5.74, 6) is 0. The second kappa shape index (κ2) is 6.42. The van der Waals surface area contributed by atoms with Gasteiger partial charge in [-0.2, -0.15) is 0 Å². The van der Waals surface area contributed by atoms with Crippen LogP contribution in [0.2, 0.25) is 0 Å². The molecular weight excluding hydrogens is 310 g/mol. The number of benzene rings is 2. The summed E-state index contributed by atoms with van der Waals surface area (Å²) in [4.78, 5) is 6.17. The van der Waals surface area contributed by atoms with Crippen molar-refractivity contribution in [1.82, 2.24) is 4.98 Å². The second-order valence-electron chi connectivity index (χ2n) is 5.74. The molecule has 116 valence electrons. The Bertz CT molecular complexity index is 942. The smallest absolute Gasteiger partial charge is 0.0790 e. The fraction of sp³-hybridized carbons (Fsp3) is 0.0455. The summed E-state index contributed by atoms with van der Waals surface area (Å²) in [5.41, 5.74) is 6.89. The molecule has 0 amide bonds. The minimum atomic E-state index is 1.04. The van der Waals surface area contributed by atoms with Gasteiger partial charge in [0.1, 0.15) is 0 Å². The average Bonchev–Trinajstić information content (AvgIpc) is 3.17. The molecule has 2 heteroatoms. The van der Waals surface area contributed by atoms with Crippen molar-refractivity contribution in [3.8, 4) is 32.8 Å². The monoisotopic (exact) mass is 327 g/mol. The zero-order chi connectivity index (χ0) is 16.4. The molecule has 0 N–H and O–H groups in total. The predicted molar refractivity (Wildman–Crippen MR) is 103 cm³/mol. The van der Waals surface area contributed by atoms with Gasteiger partial charge in [-0.25, -0.2) is 0 Å². The quantitative estimate of drug-likeness (QED) is 0.421. The van der Waals surface area contributed by atoms with E-state index in [9.17, 15) is 0 Å². The Balaban J connectivity index is 2.07. The van der Waals surface area contributed by atoms with E-state index in [1.54, 1.807) is 11.3 Å². The van der Waals surface area contributed by atoms with Gasteiger partial charge >= 0.3 is 0 Å². The fourth-order valence-electron chi connectivity index (χ4n) is 3.00. The maximum Gasteiger partial charge on any atom is 0.0790 e. The molecule has 0 aliphatic heterocycles. The highest BCUT2D eigenvalue weighted by Crippen LogP contribution is 2.40. The lowest BCUT2D eigenvalue weighted by molar-refractivity contribution is 1.21. The van der Waals surface area contributed by atoms with Gasteiger partial charge in [-0.3, -0.25) is 4.98 Å². The maximum atomic E-state index is 4.89. The topological polar surface area (TPSA) is 12.9 Å². The van der Waals surface area contributed by atoms with E-state index in [0.29, 0.717) is 0 Å². The summed E-state index contributed by atoms with van der Waals surface area (Å²) in [5, 5.41) is 2.13. The Morgan fingerprint density at radius 2 is 1.42 bits per heavy atom. The number of pyridine rings is 1. The lowest BCUT2D eigenvalue weighted by Crippen LogP contribution is -1.95. The second-order valence-corrected chi connectivity index (χ2v) is 6.69. The lowest BCUT2D eigenvalue weighted by atomic mass is 9.93. The van der Waals surface area contributed by atoms with Gasteiger partial charge in [0.15, 0.2) is 0 Å². The Labute approximate surface area is 146 Å². The molecule has 0 radical (unpaired) electrons. The van der Waals surface area contributed by atoms with Crippen molar-refractivity contribution in [2.45, 2.75) is 6.92 Å². The van der Waals surface area contributed by atoms with Crippen molar-refractivity contribution in [2.75, 3.05) is 0 Å². The first-order valence-electron chi connectivity index (χ1n) is 7.99. The Hall–Kier alpha value is -2.71. The molecule has 0 bridgehead atoms. The van der Waals surface area contributed by atoms with Crippen molar-refractivity contribution in [2.24, 2.45) is 0 Å². The maximum absolute atomic E-state index is 4.89. The van der Waals surface area contributed by atoms with Crippen LogP contribution in [0.25, 0.3) is 32.8 Å². The summed E-state index contributed by atoms with van der Waals surface area (Å²) in [6.07, 6.45) is 0. The van der Waals surface area contributed by atoms with E-state index in [-0.39, 0.29) is 0 Å². The molecule has 0 saturated heterocycles. The van der Waals surface area contributed by atoms with Crippen molar-refractivity contribution < 1.29 is 0 Å². The van der Waals surface area contributed by atoms with Crippen molar-refractivity contribution in [1.29, 1.82) is 0 Å². The Kier molecular flexibility index (Phi) is 3.97. The average molecular weight is 327 g/mol. The molecule has 24 heavy (non-hydrogen) atoms. The number of hydrogen-bond donors (Lipinski definition) is 0. The summed E-state index contributed by atoms with van der Waals surface area (Å²) in [6, 6.07) is 27.5. The molecule has 0 aliphatic rings. The molecule has 2 heterocycles. The van der Waals surface area contributed by atoms with Gasteiger partial charge in [-0.15, -0.1) is 11.3 Å². The third-order valence-electron chi connectivity index (χ3n) is 4.04. The summed E-state index contributed by atoms with van der Waals surface area (Å²) in [7, 11) is 0. The highest BCUT2D eigenvalue weighted by atomic mass is 32.1.